The Bertz CT molecular complexity index is 1080. The van der Waals surface area contributed by atoms with Crippen LogP contribution in [0.4, 0.5) is 5.69 Å². The van der Waals surface area contributed by atoms with Crippen LogP contribution in [-0.2, 0) is 5.41 Å². The molecule has 1 N–H and O–H groups in total. The number of carboxylic acids is 1. The second-order valence-corrected chi connectivity index (χ2v) is 8.02. The van der Waals surface area contributed by atoms with Gasteiger partial charge in [-0.1, -0.05) is 26.8 Å². The molecule has 2 heterocycles. The van der Waals surface area contributed by atoms with Gasteiger partial charge in [0.25, 0.3) is 5.91 Å². The van der Waals surface area contributed by atoms with Crippen LogP contribution in [0.2, 0.25) is 0 Å². The molecule has 7 heteroatoms. The maximum Gasteiger partial charge on any atom is 0.356 e. The number of amides is 1. The number of nitrogens with zero attached hydrogens (tertiary/aromatic N) is 4. The number of benzene rings is 1. The molecule has 2 aromatic heterocycles. The fourth-order valence-electron chi connectivity index (χ4n) is 2.92. The molecule has 0 unspecified atom stereocenters. The highest BCUT2D eigenvalue weighted by Gasteiger charge is 2.19. The van der Waals surface area contributed by atoms with Crippen molar-refractivity contribution in [3.05, 3.63) is 71.6 Å². The summed E-state index contributed by atoms with van der Waals surface area (Å²) >= 11 is 0. The number of rotatable bonds is 4. The molecule has 0 fully saturated rings. The number of aryl methyl sites for hydroxylation is 1. The molecule has 0 bridgehead atoms. The lowest BCUT2D eigenvalue weighted by Gasteiger charge is -2.23. The second-order valence-electron chi connectivity index (χ2n) is 8.02. The summed E-state index contributed by atoms with van der Waals surface area (Å²) in [5, 5.41) is 9.09. The van der Waals surface area contributed by atoms with Gasteiger partial charge in [0.15, 0.2) is 5.69 Å². The van der Waals surface area contributed by atoms with E-state index in [9.17, 15) is 9.59 Å². The van der Waals surface area contributed by atoms with Crippen LogP contribution in [0.25, 0.3) is 5.69 Å². The van der Waals surface area contributed by atoms with Crippen LogP contribution >= 0.6 is 0 Å². The van der Waals surface area contributed by atoms with Crippen LogP contribution in [0, 0.1) is 6.92 Å². The van der Waals surface area contributed by atoms with Crippen molar-refractivity contribution in [1.29, 1.82) is 0 Å². The lowest BCUT2D eigenvalue weighted by atomic mass is 9.88. The van der Waals surface area contributed by atoms with Gasteiger partial charge in [0.1, 0.15) is 6.33 Å². The van der Waals surface area contributed by atoms with E-state index in [0.29, 0.717) is 16.9 Å². The fraction of sp³-hybridized carbons (Fsp3) is 0.273. The summed E-state index contributed by atoms with van der Waals surface area (Å²) in [6, 6.07) is 7.30. The molecule has 150 valence electrons. The maximum absolute atomic E-state index is 13.1. The molecule has 29 heavy (non-hydrogen) atoms. The van der Waals surface area contributed by atoms with Gasteiger partial charge in [0.2, 0.25) is 0 Å². The molecule has 0 aliphatic rings. The SMILES string of the molecule is Cc1ccc(C(=O)N(C)c2cncc(C(C)(C)C)c2)cc1-n1cnc(C(=O)O)c1. The van der Waals surface area contributed by atoms with Crippen molar-refractivity contribution in [2.45, 2.75) is 33.1 Å². The Labute approximate surface area is 169 Å². The maximum atomic E-state index is 13.1. The van der Waals surface area contributed by atoms with E-state index in [2.05, 4.69) is 30.7 Å². The molecule has 0 saturated heterocycles. The quantitative estimate of drug-likeness (QED) is 0.729. The van der Waals surface area contributed by atoms with Crippen LogP contribution in [0.1, 0.15) is 52.7 Å². The second kappa shape index (κ2) is 7.50. The highest BCUT2D eigenvalue weighted by molar-refractivity contribution is 6.06. The van der Waals surface area contributed by atoms with Crippen LogP contribution < -0.4 is 4.90 Å². The van der Waals surface area contributed by atoms with Gasteiger partial charge in [-0.2, -0.15) is 0 Å². The number of carbonyl (C=O) groups is 2. The Morgan fingerprint density at radius 3 is 2.48 bits per heavy atom. The number of aromatic carboxylic acids is 1. The molecule has 1 amide bonds. The third kappa shape index (κ3) is 4.18. The van der Waals surface area contributed by atoms with E-state index >= 15 is 0 Å². The first kappa shape index (κ1) is 20.3. The Morgan fingerprint density at radius 1 is 1.14 bits per heavy atom. The molecule has 3 rings (SSSR count). The van der Waals surface area contributed by atoms with E-state index in [1.165, 1.54) is 12.5 Å². The van der Waals surface area contributed by atoms with E-state index in [4.69, 9.17) is 5.11 Å². The van der Waals surface area contributed by atoms with E-state index in [-0.39, 0.29) is 17.0 Å². The average molecular weight is 392 g/mol. The first-order valence-electron chi connectivity index (χ1n) is 9.20. The van der Waals surface area contributed by atoms with Crippen LogP contribution in [0.5, 0.6) is 0 Å². The minimum Gasteiger partial charge on any atom is -0.476 e. The fourth-order valence-corrected chi connectivity index (χ4v) is 2.92. The Morgan fingerprint density at radius 2 is 1.86 bits per heavy atom. The zero-order valence-corrected chi connectivity index (χ0v) is 17.2. The van der Waals surface area contributed by atoms with E-state index in [0.717, 1.165) is 11.1 Å². The largest absolute Gasteiger partial charge is 0.476 e. The zero-order chi connectivity index (χ0) is 21.3. The molecule has 0 aliphatic carbocycles. The summed E-state index contributed by atoms with van der Waals surface area (Å²) in [5.41, 5.74) is 3.70. The van der Waals surface area contributed by atoms with Gasteiger partial charge in [-0.3, -0.25) is 9.78 Å². The van der Waals surface area contributed by atoms with Gasteiger partial charge in [0, 0.05) is 25.0 Å². The molecule has 7 nitrogen and oxygen atoms in total. The first-order chi connectivity index (χ1) is 13.6. The molecule has 0 saturated carbocycles. The smallest absolute Gasteiger partial charge is 0.356 e. The Kier molecular flexibility index (Phi) is 5.24. The predicted molar refractivity (Wildman–Crippen MR) is 111 cm³/mol. The molecular weight excluding hydrogens is 368 g/mol. The van der Waals surface area contributed by atoms with Crippen molar-refractivity contribution >= 4 is 17.6 Å². The highest BCUT2D eigenvalue weighted by atomic mass is 16.4. The summed E-state index contributed by atoms with van der Waals surface area (Å²) < 4.78 is 1.61. The average Bonchev–Trinajstić information content (AvgIpc) is 3.17. The van der Waals surface area contributed by atoms with Crippen molar-refractivity contribution < 1.29 is 14.7 Å². The summed E-state index contributed by atoms with van der Waals surface area (Å²) in [6.45, 7) is 8.18. The van der Waals surface area contributed by atoms with Gasteiger partial charge >= 0.3 is 5.97 Å². The predicted octanol–water partition coefficient (Wildman–Crippen LogP) is 3.85. The van der Waals surface area contributed by atoms with Crippen LogP contribution in [0.15, 0.2) is 49.2 Å². The zero-order valence-electron chi connectivity index (χ0n) is 17.2. The van der Waals surface area contributed by atoms with Crippen LogP contribution in [-0.4, -0.2) is 38.6 Å². The normalized spacial score (nSPS) is 11.3. The Hall–Kier alpha value is -3.48. The number of imidazole rings is 1. The molecule has 0 atom stereocenters. The van der Waals surface area contributed by atoms with Crippen LogP contribution in [0.3, 0.4) is 0 Å². The number of anilines is 1. The summed E-state index contributed by atoms with van der Waals surface area (Å²) in [6.07, 6.45) is 6.34. The lowest BCUT2D eigenvalue weighted by Crippen LogP contribution is -2.27. The number of carbonyl (C=O) groups excluding carboxylic acids is 1. The molecule has 0 aliphatic heterocycles. The van der Waals surface area contributed by atoms with Crippen molar-refractivity contribution in [2.75, 3.05) is 11.9 Å². The van der Waals surface area contributed by atoms with Gasteiger partial charge < -0.3 is 14.6 Å². The van der Waals surface area contributed by atoms with Gasteiger partial charge in [0.05, 0.1) is 17.6 Å². The third-order valence-corrected chi connectivity index (χ3v) is 4.82. The molecule has 0 spiro atoms. The molecular formula is C22H24N4O3. The van der Waals surface area contributed by atoms with Gasteiger partial charge in [-0.25, -0.2) is 9.78 Å². The Balaban J connectivity index is 1.94. The molecule has 3 aromatic rings. The minimum atomic E-state index is -1.10. The summed E-state index contributed by atoms with van der Waals surface area (Å²) in [5.74, 6) is -1.28. The topological polar surface area (TPSA) is 88.3 Å². The van der Waals surface area contributed by atoms with E-state index in [1.54, 1.807) is 34.8 Å². The molecule has 1 aromatic carbocycles. The van der Waals surface area contributed by atoms with Crippen molar-refractivity contribution in [2.24, 2.45) is 0 Å². The first-order valence-corrected chi connectivity index (χ1v) is 9.20. The third-order valence-electron chi connectivity index (χ3n) is 4.82. The summed E-state index contributed by atoms with van der Waals surface area (Å²) in [7, 11) is 1.71. The standard InChI is InChI=1S/C22H24N4O3/c1-14-6-7-15(8-19(14)26-12-18(21(28)29)24-13-26)20(27)25(5)17-9-16(10-23-11-17)22(2,3)4/h6-13H,1-5H3,(H,28,29). The van der Waals surface area contributed by atoms with E-state index < -0.39 is 5.97 Å². The van der Waals surface area contributed by atoms with Crippen molar-refractivity contribution in [3.63, 3.8) is 0 Å². The van der Waals surface area contributed by atoms with Gasteiger partial charge in [-0.15, -0.1) is 0 Å². The number of pyridine rings is 1. The number of aromatic nitrogens is 3. The van der Waals surface area contributed by atoms with Gasteiger partial charge in [-0.05, 0) is 41.7 Å². The molecule has 0 radical (unpaired) electrons. The number of hydrogen-bond donors (Lipinski definition) is 1. The van der Waals surface area contributed by atoms with E-state index in [1.807, 2.05) is 25.3 Å². The van der Waals surface area contributed by atoms with Crippen molar-refractivity contribution in [3.8, 4) is 5.69 Å². The summed E-state index contributed by atoms with van der Waals surface area (Å²) in [4.78, 5) is 33.9. The minimum absolute atomic E-state index is 0.0525. The monoisotopic (exact) mass is 392 g/mol. The number of hydrogen-bond acceptors (Lipinski definition) is 4. The van der Waals surface area contributed by atoms with Crippen molar-refractivity contribution in [1.82, 2.24) is 14.5 Å². The highest BCUT2D eigenvalue weighted by Crippen LogP contribution is 2.26. The number of carboxylic acid groups (broad SMARTS) is 1. The lowest BCUT2D eigenvalue weighted by molar-refractivity contribution is 0.0690.